The number of rotatable bonds is 5. The lowest BCUT2D eigenvalue weighted by Gasteiger charge is -2.38. The summed E-state index contributed by atoms with van der Waals surface area (Å²) >= 11 is 0. The highest BCUT2D eigenvalue weighted by Crippen LogP contribution is 2.30. The monoisotopic (exact) mass is 304 g/mol. The Balaban J connectivity index is 2.15. The normalized spacial score (nSPS) is 22.0. The lowest BCUT2D eigenvalue weighted by Crippen LogP contribution is -2.50. The quantitative estimate of drug-likeness (QED) is 0.910. The molecule has 4 nitrogen and oxygen atoms in total. The first-order valence-electron chi connectivity index (χ1n) is 8.27. The molecule has 0 spiro atoms. The number of carbonyl (C=O) groups excluding carboxylic acids is 1. The van der Waals surface area contributed by atoms with Gasteiger partial charge in [-0.25, -0.2) is 0 Å². The van der Waals surface area contributed by atoms with Crippen LogP contribution in [0.5, 0.6) is 5.75 Å². The molecule has 0 aromatic heterocycles. The molecule has 2 N–H and O–H groups in total. The summed E-state index contributed by atoms with van der Waals surface area (Å²) in [7, 11) is 1.68. The summed E-state index contributed by atoms with van der Waals surface area (Å²) in [5.41, 5.74) is 7.42. The standard InChI is InChI=1S/C18H28N2O2/c1-4-13(5-2)18(21)20-11-15(9-16(19)12-20)14-7-6-8-17(10-14)22-3/h6-8,10,13,15-16H,4-5,9,11-12,19H2,1-3H3. The first-order chi connectivity index (χ1) is 10.6. The molecule has 1 fully saturated rings. The van der Waals surface area contributed by atoms with Crippen molar-refractivity contribution in [2.24, 2.45) is 11.7 Å². The Kier molecular flexibility index (Phi) is 5.83. The molecule has 2 atom stereocenters. The van der Waals surface area contributed by atoms with Crippen LogP contribution < -0.4 is 10.5 Å². The SMILES string of the molecule is CCC(CC)C(=O)N1CC(N)CC(c2cccc(OC)c2)C1. The number of nitrogens with two attached hydrogens (primary N) is 1. The largest absolute Gasteiger partial charge is 0.497 e. The van der Waals surface area contributed by atoms with Crippen molar-refractivity contribution in [2.45, 2.75) is 45.1 Å². The second-order valence-electron chi connectivity index (χ2n) is 6.23. The number of likely N-dealkylation sites (tertiary alicyclic amines) is 1. The van der Waals surface area contributed by atoms with Gasteiger partial charge in [-0.1, -0.05) is 26.0 Å². The maximum Gasteiger partial charge on any atom is 0.225 e. The van der Waals surface area contributed by atoms with Gasteiger partial charge in [-0.15, -0.1) is 0 Å². The molecule has 22 heavy (non-hydrogen) atoms. The van der Waals surface area contributed by atoms with Crippen LogP contribution in [0.3, 0.4) is 0 Å². The van der Waals surface area contributed by atoms with Crippen LogP contribution in [0.4, 0.5) is 0 Å². The molecule has 0 saturated carbocycles. The van der Waals surface area contributed by atoms with Crippen LogP contribution in [-0.4, -0.2) is 37.0 Å². The number of hydrogen-bond acceptors (Lipinski definition) is 3. The van der Waals surface area contributed by atoms with Crippen LogP contribution in [0.1, 0.15) is 44.6 Å². The molecular weight excluding hydrogens is 276 g/mol. The van der Waals surface area contributed by atoms with E-state index >= 15 is 0 Å². The van der Waals surface area contributed by atoms with Crippen molar-refractivity contribution in [3.8, 4) is 5.75 Å². The molecule has 1 aromatic rings. The van der Waals surface area contributed by atoms with Crippen molar-refractivity contribution in [1.29, 1.82) is 0 Å². The predicted octanol–water partition coefficient (Wildman–Crippen LogP) is 2.77. The van der Waals surface area contributed by atoms with Crippen molar-refractivity contribution in [2.75, 3.05) is 20.2 Å². The molecule has 0 bridgehead atoms. The van der Waals surface area contributed by atoms with E-state index in [1.165, 1.54) is 5.56 Å². The van der Waals surface area contributed by atoms with E-state index in [1.807, 2.05) is 17.0 Å². The Morgan fingerprint density at radius 1 is 1.36 bits per heavy atom. The highest BCUT2D eigenvalue weighted by molar-refractivity contribution is 5.79. The van der Waals surface area contributed by atoms with Crippen LogP contribution in [0.25, 0.3) is 0 Å². The first-order valence-corrected chi connectivity index (χ1v) is 8.27. The van der Waals surface area contributed by atoms with E-state index in [0.29, 0.717) is 6.54 Å². The summed E-state index contributed by atoms with van der Waals surface area (Å²) in [6, 6.07) is 8.15. The predicted molar refractivity (Wildman–Crippen MR) is 89.0 cm³/mol. The van der Waals surface area contributed by atoms with Gasteiger partial charge in [0.1, 0.15) is 5.75 Å². The second kappa shape index (κ2) is 7.63. The smallest absolute Gasteiger partial charge is 0.225 e. The molecule has 0 aliphatic carbocycles. The highest BCUT2D eigenvalue weighted by Gasteiger charge is 2.31. The zero-order chi connectivity index (χ0) is 16.1. The maximum atomic E-state index is 12.7. The van der Waals surface area contributed by atoms with Gasteiger partial charge in [-0.3, -0.25) is 4.79 Å². The molecule has 1 aliphatic rings. The average Bonchev–Trinajstić information content (AvgIpc) is 2.55. The van der Waals surface area contributed by atoms with Gasteiger partial charge in [0.25, 0.3) is 0 Å². The molecule has 0 radical (unpaired) electrons. The average molecular weight is 304 g/mol. The molecule has 4 heteroatoms. The summed E-state index contributed by atoms with van der Waals surface area (Å²) in [6.07, 6.45) is 2.70. The molecule has 2 rings (SSSR count). The topological polar surface area (TPSA) is 55.6 Å². The first kappa shape index (κ1) is 16.8. The van der Waals surface area contributed by atoms with Gasteiger partial charge in [-0.05, 0) is 37.0 Å². The molecule has 2 unspecified atom stereocenters. The van der Waals surface area contributed by atoms with Gasteiger partial charge in [0.15, 0.2) is 0 Å². The van der Waals surface area contributed by atoms with Crippen LogP contribution in [-0.2, 0) is 4.79 Å². The molecule has 122 valence electrons. The van der Waals surface area contributed by atoms with E-state index in [4.69, 9.17) is 10.5 Å². The molecule has 1 aromatic carbocycles. The Labute approximate surface area is 133 Å². The van der Waals surface area contributed by atoms with Crippen LogP contribution in [0.2, 0.25) is 0 Å². The number of carbonyl (C=O) groups is 1. The van der Waals surface area contributed by atoms with E-state index in [0.717, 1.165) is 31.6 Å². The number of methoxy groups -OCH3 is 1. The summed E-state index contributed by atoms with van der Waals surface area (Å²) in [6.45, 7) is 5.59. The van der Waals surface area contributed by atoms with Crippen molar-refractivity contribution < 1.29 is 9.53 Å². The number of hydrogen-bond donors (Lipinski definition) is 1. The molecule has 1 saturated heterocycles. The minimum Gasteiger partial charge on any atom is -0.497 e. The lowest BCUT2D eigenvalue weighted by molar-refractivity contribution is -0.137. The second-order valence-corrected chi connectivity index (χ2v) is 6.23. The zero-order valence-electron chi connectivity index (χ0n) is 13.9. The zero-order valence-corrected chi connectivity index (χ0v) is 13.9. The summed E-state index contributed by atoms with van der Waals surface area (Å²) in [5.74, 6) is 1.52. The van der Waals surface area contributed by atoms with Gasteiger partial charge >= 0.3 is 0 Å². The van der Waals surface area contributed by atoms with E-state index in [2.05, 4.69) is 26.0 Å². The number of amides is 1. The fraction of sp³-hybridized carbons (Fsp3) is 0.611. The van der Waals surface area contributed by atoms with Gasteiger partial charge in [0, 0.05) is 31.0 Å². The maximum absolute atomic E-state index is 12.7. The number of nitrogens with zero attached hydrogens (tertiary/aromatic N) is 1. The summed E-state index contributed by atoms with van der Waals surface area (Å²) < 4.78 is 5.31. The number of piperidine rings is 1. The van der Waals surface area contributed by atoms with Crippen LogP contribution in [0, 0.1) is 5.92 Å². The Hall–Kier alpha value is -1.55. The van der Waals surface area contributed by atoms with Crippen molar-refractivity contribution in [1.82, 2.24) is 4.90 Å². The van der Waals surface area contributed by atoms with E-state index in [1.54, 1.807) is 7.11 Å². The van der Waals surface area contributed by atoms with Crippen molar-refractivity contribution in [3.05, 3.63) is 29.8 Å². The van der Waals surface area contributed by atoms with E-state index in [9.17, 15) is 4.79 Å². The lowest BCUT2D eigenvalue weighted by atomic mass is 9.87. The van der Waals surface area contributed by atoms with Gasteiger partial charge in [0.2, 0.25) is 5.91 Å². The summed E-state index contributed by atoms with van der Waals surface area (Å²) in [4.78, 5) is 14.6. The Morgan fingerprint density at radius 2 is 2.09 bits per heavy atom. The molecule has 1 amide bonds. The number of benzene rings is 1. The number of ether oxygens (including phenoxy) is 1. The third-order valence-corrected chi connectivity index (χ3v) is 4.69. The van der Waals surface area contributed by atoms with Crippen LogP contribution in [0.15, 0.2) is 24.3 Å². The fourth-order valence-electron chi connectivity index (χ4n) is 3.35. The van der Waals surface area contributed by atoms with Gasteiger partial charge in [0.05, 0.1) is 7.11 Å². The molecule has 1 aliphatic heterocycles. The minimum absolute atomic E-state index is 0.0447. The highest BCUT2D eigenvalue weighted by atomic mass is 16.5. The van der Waals surface area contributed by atoms with Gasteiger partial charge in [-0.2, -0.15) is 0 Å². The molecule has 1 heterocycles. The van der Waals surface area contributed by atoms with Gasteiger partial charge < -0.3 is 15.4 Å². The van der Waals surface area contributed by atoms with Crippen molar-refractivity contribution >= 4 is 5.91 Å². The minimum atomic E-state index is 0.0447. The van der Waals surface area contributed by atoms with Crippen LogP contribution >= 0.6 is 0 Å². The van der Waals surface area contributed by atoms with Crippen molar-refractivity contribution in [3.63, 3.8) is 0 Å². The van der Waals surface area contributed by atoms with E-state index < -0.39 is 0 Å². The molecular formula is C18H28N2O2. The third kappa shape index (κ3) is 3.80. The fourth-order valence-corrected chi connectivity index (χ4v) is 3.35. The van der Waals surface area contributed by atoms with E-state index in [-0.39, 0.29) is 23.8 Å². The Bertz CT molecular complexity index is 500. The summed E-state index contributed by atoms with van der Waals surface area (Å²) in [5, 5.41) is 0. The third-order valence-electron chi connectivity index (χ3n) is 4.69. The Morgan fingerprint density at radius 3 is 2.73 bits per heavy atom.